The molecular formula is C24H18BrFN4O5. The number of carbonyl (C=O) groups is 1. The second-order valence-electron chi connectivity index (χ2n) is 6.98. The van der Waals surface area contributed by atoms with E-state index >= 15 is 0 Å². The lowest BCUT2D eigenvalue weighted by Gasteiger charge is -2.14. The highest BCUT2D eigenvalue weighted by Gasteiger charge is 2.14. The van der Waals surface area contributed by atoms with Crippen molar-refractivity contribution >= 4 is 33.7 Å². The van der Waals surface area contributed by atoms with Crippen molar-refractivity contribution < 1.29 is 23.6 Å². The van der Waals surface area contributed by atoms with E-state index in [1.165, 1.54) is 30.5 Å². The number of benzene rings is 3. The molecule has 3 aromatic rings. The van der Waals surface area contributed by atoms with Crippen molar-refractivity contribution in [3.05, 3.63) is 97.3 Å². The van der Waals surface area contributed by atoms with Gasteiger partial charge >= 0.3 is 0 Å². The molecule has 178 valence electrons. The number of nitriles is 1. The molecule has 1 N–H and O–H groups in total. The first kappa shape index (κ1) is 25.3. The monoisotopic (exact) mass is 540 g/mol. The third-order valence-corrected chi connectivity index (χ3v) is 5.15. The number of ether oxygens (including phenoxy) is 2. The Morgan fingerprint density at radius 2 is 2.06 bits per heavy atom. The van der Waals surface area contributed by atoms with Crippen LogP contribution in [-0.4, -0.2) is 23.7 Å². The molecule has 0 fully saturated rings. The van der Waals surface area contributed by atoms with Crippen LogP contribution in [0.25, 0.3) is 0 Å². The van der Waals surface area contributed by atoms with Gasteiger partial charge in [-0.05, 0) is 64.3 Å². The summed E-state index contributed by atoms with van der Waals surface area (Å²) in [5.41, 5.74) is 3.21. The van der Waals surface area contributed by atoms with Crippen molar-refractivity contribution in [1.82, 2.24) is 5.43 Å². The maximum atomic E-state index is 14.0. The second-order valence-corrected chi connectivity index (χ2v) is 7.84. The van der Waals surface area contributed by atoms with E-state index in [1.807, 2.05) is 0 Å². The van der Waals surface area contributed by atoms with Gasteiger partial charge < -0.3 is 9.47 Å². The summed E-state index contributed by atoms with van der Waals surface area (Å²) >= 11 is 3.42. The summed E-state index contributed by atoms with van der Waals surface area (Å²) in [5.74, 6) is -0.829. The number of nitrogens with zero attached hydrogens (tertiary/aromatic N) is 3. The van der Waals surface area contributed by atoms with E-state index in [0.717, 1.165) is 6.07 Å². The molecule has 0 aliphatic heterocycles. The fourth-order valence-electron chi connectivity index (χ4n) is 2.98. The largest absolute Gasteiger partial charge is 0.490 e. The van der Waals surface area contributed by atoms with Crippen LogP contribution in [0.4, 0.5) is 10.1 Å². The zero-order chi connectivity index (χ0) is 25.4. The first-order chi connectivity index (χ1) is 16.8. The van der Waals surface area contributed by atoms with Crippen molar-refractivity contribution in [3.63, 3.8) is 0 Å². The van der Waals surface area contributed by atoms with Gasteiger partial charge in [-0.1, -0.05) is 12.1 Å². The lowest BCUT2D eigenvalue weighted by molar-refractivity contribution is -0.384. The Morgan fingerprint density at radius 1 is 1.26 bits per heavy atom. The first-order valence-corrected chi connectivity index (χ1v) is 11.0. The predicted octanol–water partition coefficient (Wildman–Crippen LogP) is 5.11. The molecule has 9 nitrogen and oxygen atoms in total. The quantitative estimate of drug-likeness (QED) is 0.228. The van der Waals surface area contributed by atoms with Gasteiger partial charge in [-0.25, -0.2) is 9.82 Å². The van der Waals surface area contributed by atoms with Crippen LogP contribution >= 0.6 is 15.9 Å². The van der Waals surface area contributed by atoms with E-state index in [2.05, 4.69) is 26.5 Å². The van der Waals surface area contributed by atoms with Crippen LogP contribution in [0.15, 0.2) is 64.2 Å². The Bertz CT molecular complexity index is 1340. The maximum absolute atomic E-state index is 14.0. The first-order valence-electron chi connectivity index (χ1n) is 10.2. The molecule has 0 radical (unpaired) electrons. The summed E-state index contributed by atoms with van der Waals surface area (Å²) in [6, 6.07) is 14.7. The molecule has 35 heavy (non-hydrogen) atoms. The summed E-state index contributed by atoms with van der Waals surface area (Å²) in [5, 5.41) is 23.6. The average molecular weight is 541 g/mol. The lowest BCUT2D eigenvalue weighted by Crippen LogP contribution is -2.19. The molecule has 3 rings (SSSR count). The fraction of sp³-hybridized carbons (Fsp3) is 0.125. The van der Waals surface area contributed by atoms with Crippen molar-refractivity contribution in [2.24, 2.45) is 5.10 Å². The van der Waals surface area contributed by atoms with Gasteiger partial charge in [-0.2, -0.15) is 10.4 Å². The van der Waals surface area contributed by atoms with E-state index < -0.39 is 16.6 Å². The number of carbonyl (C=O) groups excluding carboxylic acids is 1. The van der Waals surface area contributed by atoms with Crippen LogP contribution in [0, 0.1) is 27.3 Å². The van der Waals surface area contributed by atoms with Crippen molar-refractivity contribution in [2.75, 3.05) is 6.61 Å². The number of hydrogen-bond donors (Lipinski definition) is 1. The predicted molar refractivity (Wildman–Crippen MR) is 129 cm³/mol. The lowest BCUT2D eigenvalue weighted by atomic mass is 10.1. The van der Waals surface area contributed by atoms with E-state index in [-0.39, 0.29) is 23.4 Å². The maximum Gasteiger partial charge on any atom is 0.274 e. The summed E-state index contributed by atoms with van der Waals surface area (Å²) in [4.78, 5) is 22.7. The molecule has 0 spiro atoms. The zero-order valence-electron chi connectivity index (χ0n) is 18.3. The third kappa shape index (κ3) is 6.61. The average Bonchev–Trinajstić information content (AvgIpc) is 2.83. The van der Waals surface area contributed by atoms with Crippen LogP contribution in [-0.2, 0) is 6.61 Å². The molecular weight excluding hydrogens is 523 g/mol. The Kier molecular flexibility index (Phi) is 8.48. The van der Waals surface area contributed by atoms with E-state index in [4.69, 9.17) is 14.7 Å². The van der Waals surface area contributed by atoms with Crippen LogP contribution in [0.1, 0.15) is 34.0 Å². The van der Waals surface area contributed by atoms with Crippen molar-refractivity contribution in [1.29, 1.82) is 5.26 Å². The van der Waals surface area contributed by atoms with Crippen LogP contribution < -0.4 is 14.9 Å². The number of non-ortho nitro benzene ring substituents is 1. The smallest absolute Gasteiger partial charge is 0.274 e. The van der Waals surface area contributed by atoms with Crippen LogP contribution in [0.3, 0.4) is 0 Å². The Hall–Kier alpha value is -4.30. The normalized spacial score (nSPS) is 10.6. The number of nitro groups is 1. The Balaban J connectivity index is 1.74. The molecule has 0 aliphatic rings. The van der Waals surface area contributed by atoms with Crippen LogP contribution in [0.2, 0.25) is 0 Å². The second kappa shape index (κ2) is 11.7. The molecule has 0 unspecified atom stereocenters. The molecule has 0 heterocycles. The molecule has 1 amide bonds. The van der Waals surface area contributed by atoms with E-state index in [0.29, 0.717) is 33.7 Å². The number of halogens is 2. The minimum absolute atomic E-state index is 0.0373. The minimum atomic E-state index is -0.830. The highest BCUT2D eigenvalue weighted by Crippen LogP contribution is 2.37. The molecule has 3 aromatic carbocycles. The summed E-state index contributed by atoms with van der Waals surface area (Å²) in [7, 11) is 0. The zero-order valence-corrected chi connectivity index (χ0v) is 19.9. The minimum Gasteiger partial charge on any atom is -0.490 e. The molecule has 0 saturated carbocycles. The van der Waals surface area contributed by atoms with Gasteiger partial charge in [0.2, 0.25) is 0 Å². The third-order valence-electron chi connectivity index (χ3n) is 4.56. The highest BCUT2D eigenvalue weighted by molar-refractivity contribution is 9.10. The number of rotatable bonds is 9. The molecule has 0 bridgehead atoms. The molecule has 0 aliphatic carbocycles. The molecule has 0 aromatic heterocycles. The Labute approximate surface area is 208 Å². The summed E-state index contributed by atoms with van der Waals surface area (Å²) in [6.07, 6.45) is 1.34. The SMILES string of the molecule is CCOc1cc(/C=N\NC(=O)c2ccc(C#N)cc2F)cc(Br)c1OCc1cccc([N+](=O)[O-])c1. The number of amides is 1. The van der Waals surface area contributed by atoms with E-state index in [1.54, 1.807) is 37.3 Å². The molecule has 11 heteroatoms. The van der Waals surface area contributed by atoms with Crippen molar-refractivity contribution in [3.8, 4) is 17.6 Å². The Morgan fingerprint density at radius 3 is 2.74 bits per heavy atom. The van der Waals surface area contributed by atoms with Gasteiger partial charge in [0.25, 0.3) is 11.6 Å². The number of hydrogen-bond acceptors (Lipinski definition) is 7. The fourth-order valence-corrected chi connectivity index (χ4v) is 3.55. The molecule has 0 atom stereocenters. The number of nitrogens with one attached hydrogen (secondary N) is 1. The standard InChI is InChI=1S/C24H18BrFN4O5/c1-2-34-22-11-17(13-28-29-24(31)19-7-6-15(12-27)10-21(19)26)9-20(25)23(22)35-14-16-4-3-5-18(8-16)30(32)33/h3-11,13H,2,14H2,1H3,(H,29,31)/b28-13-. The highest BCUT2D eigenvalue weighted by atomic mass is 79.9. The molecule has 0 saturated heterocycles. The summed E-state index contributed by atoms with van der Waals surface area (Å²) < 4.78 is 26.0. The number of hydrazone groups is 1. The van der Waals surface area contributed by atoms with Gasteiger partial charge in [0.15, 0.2) is 11.5 Å². The van der Waals surface area contributed by atoms with Gasteiger partial charge in [-0.3, -0.25) is 14.9 Å². The van der Waals surface area contributed by atoms with E-state index in [9.17, 15) is 19.3 Å². The number of nitro benzene ring substituents is 1. The van der Waals surface area contributed by atoms with Crippen LogP contribution in [0.5, 0.6) is 11.5 Å². The van der Waals surface area contributed by atoms with Gasteiger partial charge in [-0.15, -0.1) is 0 Å². The van der Waals surface area contributed by atoms with Crippen molar-refractivity contribution in [2.45, 2.75) is 13.5 Å². The van der Waals surface area contributed by atoms with Gasteiger partial charge in [0.1, 0.15) is 12.4 Å². The van der Waals surface area contributed by atoms with Gasteiger partial charge in [0, 0.05) is 12.1 Å². The summed E-state index contributed by atoms with van der Waals surface area (Å²) in [6.45, 7) is 2.21. The van der Waals surface area contributed by atoms with Gasteiger partial charge in [0.05, 0.1) is 39.4 Å². The topological polar surface area (TPSA) is 127 Å².